The molecule has 82 valence electrons. The van der Waals surface area contributed by atoms with Gasteiger partial charge in [-0.1, -0.05) is 18.2 Å². The van der Waals surface area contributed by atoms with Gasteiger partial charge >= 0.3 is 0 Å². The quantitative estimate of drug-likeness (QED) is 0.791. The maximum absolute atomic E-state index is 13.9. The van der Waals surface area contributed by atoms with Gasteiger partial charge in [0.2, 0.25) is 0 Å². The van der Waals surface area contributed by atoms with Gasteiger partial charge in [0, 0.05) is 19.0 Å². The predicted molar refractivity (Wildman–Crippen MR) is 56.0 cm³/mol. The van der Waals surface area contributed by atoms with Crippen LogP contribution in [0.2, 0.25) is 0 Å². The summed E-state index contributed by atoms with van der Waals surface area (Å²) in [7, 11) is 0. The maximum Gasteiger partial charge on any atom is 0.126 e. The zero-order chi connectivity index (χ0) is 10.9. The Labute approximate surface area is 88.5 Å². The summed E-state index contributed by atoms with van der Waals surface area (Å²) in [5, 5.41) is 3.00. The van der Waals surface area contributed by atoms with Crippen LogP contribution in [0, 0.1) is 11.7 Å². The SMILES string of the molecule is CC1(F)CNCC1Cc1ccccc1F. The minimum absolute atomic E-state index is 0.130. The van der Waals surface area contributed by atoms with Crippen LogP contribution in [0.25, 0.3) is 0 Å². The summed E-state index contributed by atoms with van der Waals surface area (Å²) in [6.45, 7) is 2.58. The van der Waals surface area contributed by atoms with Gasteiger partial charge in [-0.3, -0.25) is 0 Å². The van der Waals surface area contributed by atoms with Crippen molar-refractivity contribution in [3.63, 3.8) is 0 Å². The summed E-state index contributed by atoms with van der Waals surface area (Å²) < 4.78 is 27.3. The molecule has 1 aromatic carbocycles. The molecular formula is C12H15F2N. The molecule has 1 N–H and O–H groups in total. The standard InChI is InChI=1S/C12H15F2N/c1-12(14)8-15-7-10(12)6-9-4-2-3-5-11(9)13/h2-5,10,15H,6-8H2,1H3. The average Bonchev–Trinajstić information content (AvgIpc) is 2.50. The molecule has 2 atom stereocenters. The Hall–Kier alpha value is -0.960. The average molecular weight is 211 g/mol. The lowest BCUT2D eigenvalue weighted by Gasteiger charge is -2.21. The highest BCUT2D eigenvalue weighted by molar-refractivity contribution is 5.19. The summed E-state index contributed by atoms with van der Waals surface area (Å²) >= 11 is 0. The van der Waals surface area contributed by atoms with Gasteiger partial charge < -0.3 is 5.32 Å². The van der Waals surface area contributed by atoms with Gasteiger partial charge in [-0.25, -0.2) is 8.78 Å². The van der Waals surface area contributed by atoms with Gasteiger partial charge in [-0.05, 0) is 25.0 Å². The number of halogens is 2. The molecule has 0 saturated carbocycles. The lowest BCUT2D eigenvalue weighted by atomic mass is 9.88. The number of nitrogens with one attached hydrogen (secondary N) is 1. The van der Waals surface area contributed by atoms with E-state index in [0.717, 1.165) is 0 Å². The molecule has 0 aliphatic carbocycles. The molecule has 1 heterocycles. The van der Waals surface area contributed by atoms with Crippen LogP contribution in [0.15, 0.2) is 24.3 Å². The van der Waals surface area contributed by atoms with E-state index in [9.17, 15) is 8.78 Å². The first kappa shape index (κ1) is 10.6. The van der Waals surface area contributed by atoms with Gasteiger partial charge in [0.25, 0.3) is 0 Å². The highest BCUT2D eigenvalue weighted by atomic mass is 19.1. The molecule has 0 amide bonds. The van der Waals surface area contributed by atoms with Crippen molar-refractivity contribution in [1.82, 2.24) is 5.32 Å². The highest BCUT2D eigenvalue weighted by Crippen LogP contribution is 2.29. The third-order valence-corrected chi connectivity index (χ3v) is 3.14. The fourth-order valence-corrected chi connectivity index (χ4v) is 2.06. The Balaban J connectivity index is 2.12. The number of hydrogen-bond donors (Lipinski definition) is 1. The van der Waals surface area contributed by atoms with Gasteiger partial charge in [-0.2, -0.15) is 0 Å². The molecule has 0 aromatic heterocycles. The molecule has 1 aromatic rings. The van der Waals surface area contributed by atoms with Crippen molar-refractivity contribution in [2.24, 2.45) is 5.92 Å². The van der Waals surface area contributed by atoms with E-state index in [0.29, 0.717) is 25.1 Å². The Kier molecular flexibility index (Phi) is 2.74. The van der Waals surface area contributed by atoms with Gasteiger partial charge in [0.05, 0.1) is 0 Å². The van der Waals surface area contributed by atoms with Crippen molar-refractivity contribution in [3.05, 3.63) is 35.6 Å². The van der Waals surface area contributed by atoms with Crippen LogP contribution >= 0.6 is 0 Å². The molecule has 1 saturated heterocycles. The number of alkyl halides is 1. The molecule has 3 heteroatoms. The fraction of sp³-hybridized carbons (Fsp3) is 0.500. The monoisotopic (exact) mass is 211 g/mol. The zero-order valence-electron chi connectivity index (χ0n) is 8.76. The first-order chi connectivity index (χ1) is 7.09. The van der Waals surface area contributed by atoms with Crippen LogP contribution in [-0.2, 0) is 6.42 Å². The molecule has 0 radical (unpaired) electrons. The molecule has 2 rings (SSSR count). The van der Waals surface area contributed by atoms with E-state index in [2.05, 4.69) is 5.32 Å². The van der Waals surface area contributed by atoms with Gasteiger partial charge in [0.15, 0.2) is 0 Å². The Morgan fingerprint density at radius 2 is 2.20 bits per heavy atom. The third kappa shape index (κ3) is 2.17. The zero-order valence-corrected chi connectivity index (χ0v) is 8.76. The summed E-state index contributed by atoms with van der Waals surface area (Å²) in [5.74, 6) is -0.366. The first-order valence-electron chi connectivity index (χ1n) is 5.22. The van der Waals surface area contributed by atoms with E-state index in [1.165, 1.54) is 6.07 Å². The van der Waals surface area contributed by atoms with Crippen LogP contribution in [0.5, 0.6) is 0 Å². The molecule has 1 nitrogen and oxygen atoms in total. The third-order valence-electron chi connectivity index (χ3n) is 3.14. The lowest BCUT2D eigenvalue weighted by molar-refractivity contribution is 0.151. The van der Waals surface area contributed by atoms with Crippen molar-refractivity contribution in [2.75, 3.05) is 13.1 Å². The topological polar surface area (TPSA) is 12.0 Å². The second-order valence-corrected chi connectivity index (χ2v) is 4.40. The smallest absolute Gasteiger partial charge is 0.126 e. The van der Waals surface area contributed by atoms with Crippen molar-refractivity contribution in [2.45, 2.75) is 19.0 Å². The minimum atomic E-state index is -1.22. The highest BCUT2D eigenvalue weighted by Gasteiger charge is 2.38. The summed E-state index contributed by atoms with van der Waals surface area (Å²) in [6, 6.07) is 6.59. The summed E-state index contributed by atoms with van der Waals surface area (Å²) in [4.78, 5) is 0. The predicted octanol–water partition coefficient (Wildman–Crippen LogP) is 2.32. The van der Waals surface area contributed by atoms with E-state index >= 15 is 0 Å². The van der Waals surface area contributed by atoms with E-state index < -0.39 is 5.67 Å². The normalized spacial score (nSPS) is 30.7. The van der Waals surface area contributed by atoms with Crippen LogP contribution < -0.4 is 5.32 Å². The Bertz CT molecular complexity index is 349. The maximum atomic E-state index is 13.9. The van der Waals surface area contributed by atoms with Crippen molar-refractivity contribution >= 4 is 0 Å². The second kappa shape index (κ2) is 3.89. The second-order valence-electron chi connectivity index (χ2n) is 4.40. The number of hydrogen-bond acceptors (Lipinski definition) is 1. The van der Waals surface area contributed by atoms with E-state index in [1.54, 1.807) is 25.1 Å². The van der Waals surface area contributed by atoms with E-state index in [4.69, 9.17) is 0 Å². The van der Waals surface area contributed by atoms with Gasteiger partial charge in [0.1, 0.15) is 11.5 Å². The van der Waals surface area contributed by atoms with Crippen LogP contribution in [0.4, 0.5) is 8.78 Å². The Morgan fingerprint density at radius 1 is 1.47 bits per heavy atom. The van der Waals surface area contributed by atoms with Crippen LogP contribution in [0.1, 0.15) is 12.5 Å². The largest absolute Gasteiger partial charge is 0.313 e. The molecule has 2 unspecified atom stereocenters. The summed E-state index contributed by atoms with van der Waals surface area (Å²) in [6.07, 6.45) is 0.465. The molecule has 0 bridgehead atoms. The summed E-state index contributed by atoms with van der Waals surface area (Å²) in [5.41, 5.74) is -0.613. The van der Waals surface area contributed by atoms with Crippen molar-refractivity contribution in [3.8, 4) is 0 Å². The van der Waals surface area contributed by atoms with Crippen molar-refractivity contribution in [1.29, 1.82) is 0 Å². The molecule has 0 spiro atoms. The Morgan fingerprint density at radius 3 is 2.80 bits per heavy atom. The molecule has 1 aliphatic rings. The first-order valence-corrected chi connectivity index (χ1v) is 5.22. The number of benzene rings is 1. The van der Waals surface area contributed by atoms with Crippen LogP contribution in [0.3, 0.4) is 0 Å². The van der Waals surface area contributed by atoms with Crippen molar-refractivity contribution < 1.29 is 8.78 Å². The van der Waals surface area contributed by atoms with E-state index in [1.807, 2.05) is 0 Å². The molecule has 15 heavy (non-hydrogen) atoms. The van der Waals surface area contributed by atoms with E-state index in [-0.39, 0.29) is 11.7 Å². The number of rotatable bonds is 2. The van der Waals surface area contributed by atoms with Gasteiger partial charge in [-0.15, -0.1) is 0 Å². The fourth-order valence-electron chi connectivity index (χ4n) is 2.06. The molecule has 1 aliphatic heterocycles. The van der Waals surface area contributed by atoms with Crippen LogP contribution in [-0.4, -0.2) is 18.8 Å². The molecular weight excluding hydrogens is 196 g/mol. The lowest BCUT2D eigenvalue weighted by Crippen LogP contribution is -2.30. The minimum Gasteiger partial charge on any atom is -0.313 e. The molecule has 1 fully saturated rings.